The Kier molecular flexibility index (Phi) is 4.71. The number of hydrogen-bond donors (Lipinski definition) is 1. The van der Waals surface area contributed by atoms with Gasteiger partial charge in [-0.2, -0.15) is 0 Å². The Labute approximate surface area is 139 Å². The van der Waals surface area contributed by atoms with Gasteiger partial charge in [-0.25, -0.2) is 0 Å². The van der Waals surface area contributed by atoms with Gasteiger partial charge in [-0.15, -0.1) is 0 Å². The predicted molar refractivity (Wildman–Crippen MR) is 86.6 cm³/mol. The van der Waals surface area contributed by atoms with Gasteiger partial charge < -0.3 is 14.8 Å². The molecule has 1 saturated carbocycles. The minimum atomic E-state index is -0.485. The highest BCUT2D eigenvalue weighted by atomic mass is 35.5. The number of nitrogens with one attached hydrogen (secondary N) is 1. The van der Waals surface area contributed by atoms with E-state index in [-0.39, 0.29) is 18.0 Å². The van der Waals surface area contributed by atoms with Crippen molar-refractivity contribution in [3.05, 3.63) is 33.2 Å². The molecule has 2 amide bonds. The van der Waals surface area contributed by atoms with Crippen LogP contribution in [0.15, 0.2) is 17.1 Å². The van der Waals surface area contributed by atoms with Gasteiger partial charge in [-0.1, -0.05) is 30.9 Å². The van der Waals surface area contributed by atoms with Crippen molar-refractivity contribution >= 4 is 23.4 Å². The first-order valence-electron chi connectivity index (χ1n) is 8.03. The topological polar surface area (TPSA) is 73.5 Å². The van der Waals surface area contributed by atoms with Gasteiger partial charge in [-0.3, -0.25) is 14.4 Å². The number of nitrogens with zero attached hydrogens (tertiary/aromatic N) is 2. The van der Waals surface area contributed by atoms with Crippen LogP contribution in [0.1, 0.15) is 42.5 Å². The third-order valence-electron chi connectivity index (χ3n) is 4.66. The summed E-state index contributed by atoms with van der Waals surface area (Å²) >= 11 is 5.84. The van der Waals surface area contributed by atoms with Gasteiger partial charge >= 0.3 is 0 Å². The molecular weight excluding hydrogens is 318 g/mol. The zero-order valence-electron chi connectivity index (χ0n) is 12.9. The fraction of sp³-hybridized carbons (Fsp3) is 0.562. The number of rotatable bonds is 2. The summed E-state index contributed by atoms with van der Waals surface area (Å²) in [6, 6.07) is 1.66. The van der Waals surface area contributed by atoms with Crippen LogP contribution >= 0.6 is 11.6 Å². The lowest BCUT2D eigenvalue weighted by Crippen LogP contribution is -2.56. The molecule has 6 nitrogen and oxygen atoms in total. The molecule has 0 unspecified atom stereocenters. The van der Waals surface area contributed by atoms with Crippen LogP contribution in [0, 0.1) is 0 Å². The van der Waals surface area contributed by atoms with E-state index in [1.54, 1.807) is 0 Å². The maximum atomic E-state index is 12.5. The second-order valence-electron chi connectivity index (χ2n) is 6.17. The van der Waals surface area contributed by atoms with Crippen molar-refractivity contribution in [3.8, 4) is 0 Å². The molecule has 0 radical (unpaired) electrons. The highest BCUT2D eigenvalue weighted by molar-refractivity contribution is 6.30. The first-order chi connectivity index (χ1) is 11.1. The number of halogens is 1. The van der Waals surface area contributed by atoms with Crippen LogP contribution in [0.4, 0.5) is 0 Å². The van der Waals surface area contributed by atoms with E-state index >= 15 is 0 Å². The molecular formula is C16H20ClN3O3. The van der Waals surface area contributed by atoms with E-state index in [9.17, 15) is 14.4 Å². The minimum Gasteiger partial charge on any atom is -0.336 e. The number of hydrogen-bond acceptors (Lipinski definition) is 3. The van der Waals surface area contributed by atoms with Gasteiger partial charge in [0, 0.05) is 25.3 Å². The SMILES string of the molecule is O=C(c1cc(Cl)c[nH]c1=O)N1CCN(C2CCCCC2)C(=O)C1. The Hall–Kier alpha value is -1.82. The Bertz CT molecular complexity index is 667. The third kappa shape index (κ3) is 3.42. The van der Waals surface area contributed by atoms with Crippen LogP contribution in [0.5, 0.6) is 0 Å². The molecule has 0 bridgehead atoms. The number of pyridine rings is 1. The van der Waals surface area contributed by atoms with Gasteiger partial charge in [0.25, 0.3) is 11.5 Å². The molecule has 1 aliphatic carbocycles. The van der Waals surface area contributed by atoms with Crippen molar-refractivity contribution in [1.29, 1.82) is 0 Å². The summed E-state index contributed by atoms with van der Waals surface area (Å²) in [6.07, 6.45) is 7.00. The lowest BCUT2D eigenvalue weighted by Gasteiger charge is -2.40. The summed E-state index contributed by atoms with van der Waals surface area (Å²) in [4.78, 5) is 42.5. The van der Waals surface area contributed by atoms with Crippen molar-refractivity contribution in [2.24, 2.45) is 0 Å². The maximum absolute atomic E-state index is 12.5. The summed E-state index contributed by atoms with van der Waals surface area (Å²) in [5.41, 5.74) is -0.502. The van der Waals surface area contributed by atoms with E-state index < -0.39 is 11.5 Å². The summed E-state index contributed by atoms with van der Waals surface area (Å²) < 4.78 is 0. The molecule has 0 aromatic carbocycles. The maximum Gasteiger partial charge on any atom is 0.260 e. The quantitative estimate of drug-likeness (QED) is 0.891. The van der Waals surface area contributed by atoms with Gasteiger partial charge in [-0.05, 0) is 18.9 Å². The number of amides is 2. The van der Waals surface area contributed by atoms with Crippen LogP contribution < -0.4 is 5.56 Å². The molecule has 0 atom stereocenters. The number of H-pyrrole nitrogens is 1. The lowest BCUT2D eigenvalue weighted by molar-refractivity contribution is -0.138. The van der Waals surface area contributed by atoms with Crippen LogP contribution in [0.2, 0.25) is 5.02 Å². The van der Waals surface area contributed by atoms with Gasteiger partial charge in [0.05, 0.1) is 5.02 Å². The Balaban J connectivity index is 1.69. The van der Waals surface area contributed by atoms with Crippen molar-refractivity contribution in [2.75, 3.05) is 19.6 Å². The van der Waals surface area contributed by atoms with Crippen molar-refractivity contribution in [3.63, 3.8) is 0 Å². The molecule has 0 spiro atoms. The van der Waals surface area contributed by atoms with E-state index in [1.165, 1.54) is 23.6 Å². The van der Waals surface area contributed by atoms with Gasteiger partial charge in [0.15, 0.2) is 0 Å². The molecule has 124 valence electrons. The smallest absolute Gasteiger partial charge is 0.260 e. The van der Waals surface area contributed by atoms with Crippen molar-refractivity contribution in [1.82, 2.24) is 14.8 Å². The fourth-order valence-corrected chi connectivity index (χ4v) is 3.59. The van der Waals surface area contributed by atoms with Gasteiger partial charge in [0.1, 0.15) is 12.1 Å². The van der Waals surface area contributed by atoms with E-state index in [1.807, 2.05) is 4.90 Å². The van der Waals surface area contributed by atoms with Crippen molar-refractivity contribution < 1.29 is 9.59 Å². The second kappa shape index (κ2) is 6.74. The van der Waals surface area contributed by atoms with Crippen LogP contribution in [-0.2, 0) is 4.79 Å². The standard InChI is InChI=1S/C16H20ClN3O3/c17-11-8-13(15(22)18-9-11)16(23)19-6-7-20(14(21)10-19)12-4-2-1-3-5-12/h8-9,12H,1-7,10H2,(H,18,22). The number of aromatic nitrogens is 1. The first kappa shape index (κ1) is 16.1. The average Bonchev–Trinajstić information content (AvgIpc) is 2.57. The Morgan fingerprint density at radius 2 is 1.91 bits per heavy atom. The molecule has 2 fully saturated rings. The monoisotopic (exact) mass is 337 g/mol. The zero-order valence-corrected chi connectivity index (χ0v) is 13.6. The summed E-state index contributed by atoms with van der Waals surface area (Å²) in [6.45, 7) is 1.02. The molecule has 23 heavy (non-hydrogen) atoms. The highest BCUT2D eigenvalue weighted by Crippen LogP contribution is 2.24. The normalized spacial score (nSPS) is 20.0. The Morgan fingerprint density at radius 1 is 1.17 bits per heavy atom. The molecule has 1 saturated heterocycles. The molecule has 1 N–H and O–H groups in total. The van der Waals surface area contributed by atoms with Crippen LogP contribution in [-0.4, -0.2) is 52.3 Å². The van der Waals surface area contributed by atoms with E-state index in [0.29, 0.717) is 24.2 Å². The molecule has 1 aromatic rings. The largest absolute Gasteiger partial charge is 0.336 e. The zero-order chi connectivity index (χ0) is 16.4. The number of carbonyl (C=O) groups is 2. The first-order valence-corrected chi connectivity index (χ1v) is 8.41. The predicted octanol–water partition coefficient (Wildman–Crippen LogP) is 1.65. The van der Waals surface area contributed by atoms with Crippen molar-refractivity contribution in [2.45, 2.75) is 38.1 Å². The summed E-state index contributed by atoms with van der Waals surface area (Å²) in [5.74, 6) is -0.472. The number of piperazine rings is 1. The van der Waals surface area contributed by atoms with Crippen LogP contribution in [0.3, 0.4) is 0 Å². The second-order valence-corrected chi connectivity index (χ2v) is 6.60. The Morgan fingerprint density at radius 3 is 2.61 bits per heavy atom. The fourth-order valence-electron chi connectivity index (χ4n) is 3.43. The summed E-state index contributed by atoms with van der Waals surface area (Å²) in [7, 11) is 0. The van der Waals surface area contributed by atoms with E-state index in [0.717, 1.165) is 25.7 Å². The minimum absolute atomic E-state index is 0.0172. The molecule has 1 aromatic heterocycles. The number of carbonyl (C=O) groups excluding carboxylic acids is 2. The van der Waals surface area contributed by atoms with Gasteiger partial charge in [0.2, 0.25) is 5.91 Å². The van der Waals surface area contributed by atoms with Crippen LogP contribution in [0.25, 0.3) is 0 Å². The molecule has 7 heteroatoms. The van der Waals surface area contributed by atoms with E-state index in [4.69, 9.17) is 11.6 Å². The number of aromatic amines is 1. The average molecular weight is 338 g/mol. The van der Waals surface area contributed by atoms with E-state index in [2.05, 4.69) is 4.98 Å². The third-order valence-corrected chi connectivity index (χ3v) is 4.88. The highest BCUT2D eigenvalue weighted by Gasteiger charge is 2.33. The molecule has 3 rings (SSSR count). The molecule has 2 heterocycles. The molecule has 2 aliphatic rings. The lowest BCUT2D eigenvalue weighted by atomic mass is 9.93. The summed E-state index contributed by atoms with van der Waals surface area (Å²) in [5, 5.41) is 0.292. The molecule has 1 aliphatic heterocycles.